The van der Waals surface area contributed by atoms with Crippen LogP contribution in [0.25, 0.3) is 0 Å². The summed E-state index contributed by atoms with van der Waals surface area (Å²) in [5.74, 6) is 0.564. The highest BCUT2D eigenvalue weighted by atomic mass is 16.5. The third-order valence-corrected chi connectivity index (χ3v) is 8.64. The molecule has 0 aliphatic rings. The molecule has 0 bridgehead atoms. The van der Waals surface area contributed by atoms with E-state index in [0.717, 1.165) is 11.1 Å². The summed E-state index contributed by atoms with van der Waals surface area (Å²) >= 11 is 0. The van der Waals surface area contributed by atoms with Crippen molar-refractivity contribution in [1.29, 1.82) is 0 Å². The van der Waals surface area contributed by atoms with Gasteiger partial charge in [-0.2, -0.15) is 0 Å². The van der Waals surface area contributed by atoms with Crippen molar-refractivity contribution in [3.8, 4) is 17.2 Å². The fraction of sp³-hybridized carbons (Fsp3) is 0.450. The Morgan fingerprint density at radius 3 is 1.98 bits per heavy atom. The monoisotopic (exact) mass is 733 g/mol. The minimum atomic E-state index is -0.984. The third-order valence-electron chi connectivity index (χ3n) is 8.64. The first-order valence-electron chi connectivity index (χ1n) is 18.0. The summed E-state index contributed by atoms with van der Waals surface area (Å²) in [5.41, 5.74) is 2.82. The van der Waals surface area contributed by atoms with Gasteiger partial charge in [-0.25, -0.2) is 9.59 Å². The average molecular weight is 734 g/mol. The summed E-state index contributed by atoms with van der Waals surface area (Å²) in [6.07, 6.45) is 0.965. The van der Waals surface area contributed by atoms with Crippen molar-refractivity contribution >= 4 is 35.3 Å². The van der Waals surface area contributed by atoms with Crippen LogP contribution < -0.4 is 24.8 Å². The van der Waals surface area contributed by atoms with Crippen LogP contribution in [-0.4, -0.2) is 103 Å². The molecule has 3 aromatic rings. The fourth-order valence-electron chi connectivity index (χ4n) is 5.76. The zero-order valence-electron chi connectivity index (χ0n) is 32.0. The van der Waals surface area contributed by atoms with Crippen molar-refractivity contribution in [2.24, 2.45) is 0 Å². The molecule has 0 fully saturated rings. The van der Waals surface area contributed by atoms with Crippen molar-refractivity contribution in [3.05, 3.63) is 77.9 Å². The van der Waals surface area contributed by atoms with E-state index in [2.05, 4.69) is 10.6 Å². The van der Waals surface area contributed by atoms with E-state index in [1.165, 1.54) is 7.11 Å². The lowest BCUT2D eigenvalue weighted by molar-refractivity contribution is -0.137. The first-order valence-corrected chi connectivity index (χ1v) is 18.0. The van der Waals surface area contributed by atoms with Gasteiger partial charge in [-0.3, -0.25) is 9.59 Å². The summed E-state index contributed by atoms with van der Waals surface area (Å²) in [7, 11) is 3.07. The number of nitrogens with one attached hydrogen (secondary N) is 2. The molecule has 13 nitrogen and oxygen atoms in total. The number of hydrogen-bond donors (Lipinski definition) is 3. The first-order chi connectivity index (χ1) is 25.3. The number of carbonyl (C=O) groups is 4. The number of benzene rings is 3. The van der Waals surface area contributed by atoms with Gasteiger partial charge in [-0.15, -0.1) is 0 Å². The zero-order valence-corrected chi connectivity index (χ0v) is 32.0. The predicted octanol–water partition coefficient (Wildman–Crippen LogP) is 6.90. The Bertz CT molecular complexity index is 1660. The maximum absolute atomic E-state index is 13.8. The Hall–Kier alpha value is -5.46. The molecule has 0 saturated carbocycles. The molecule has 0 unspecified atom stereocenters. The van der Waals surface area contributed by atoms with Crippen molar-refractivity contribution in [2.45, 2.75) is 72.4 Å². The molecule has 0 heterocycles. The van der Waals surface area contributed by atoms with Crippen LogP contribution in [0.5, 0.6) is 17.2 Å². The molecule has 53 heavy (non-hydrogen) atoms. The fourth-order valence-corrected chi connectivity index (χ4v) is 5.76. The van der Waals surface area contributed by atoms with Gasteiger partial charge in [0, 0.05) is 44.0 Å². The number of aryl methyl sites for hydroxylation is 1. The van der Waals surface area contributed by atoms with Gasteiger partial charge < -0.3 is 44.7 Å². The number of anilines is 2. The van der Waals surface area contributed by atoms with E-state index in [4.69, 9.17) is 14.2 Å². The van der Waals surface area contributed by atoms with Crippen LogP contribution in [0.4, 0.5) is 21.0 Å². The second-order valence-corrected chi connectivity index (χ2v) is 13.2. The lowest BCUT2D eigenvalue weighted by Crippen LogP contribution is -2.49. The number of rotatable bonds is 20. The number of carboxylic acid groups (broad SMARTS) is 1. The van der Waals surface area contributed by atoms with Crippen LogP contribution in [0, 0.1) is 6.92 Å². The lowest BCUT2D eigenvalue weighted by Gasteiger charge is -2.34. The summed E-state index contributed by atoms with van der Waals surface area (Å²) in [5, 5.41) is 15.0. The lowest BCUT2D eigenvalue weighted by atomic mass is 10.1. The Morgan fingerprint density at radius 1 is 0.717 bits per heavy atom. The molecule has 0 atom stereocenters. The van der Waals surface area contributed by atoms with Crippen molar-refractivity contribution < 1.29 is 38.5 Å². The maximum atomic E-state index is 13.8. The van der Waals surface area contributed by atoms with Gasteiger partial charge in [0.15, 0.2) is 11.5 Å². The SMILES string of the molecule is COc1cc(CC(=O)N(CCCN(C(=O)N(CCCOc2ccccc2OC)CCC(=O)O)C(C)C)C(C)C)ccc1NC(=O)Nc1ccccc1C. The minimum absolute atomic E-state index is 0.0673. The quantitative estimate of drug-likeness (QED) is 0.106. The number of aliphatic carboxylic acids is 1. The summed E-state index contributed by atoms with van der Waals surface area (Å²) < 4.78 is 16.7. The topological polar surface area (TPSA) is 150 Å². The van der Waals surface area contributed by atoms with Gasteiger partial charge in [-0.1, -0.05) is 36.4 Å². The number of urea groups is 2. The molecule has 3 N–H and O–H groups in total. The number of nitrogens with zero attached hydrogens (tertiary/aromatic N) is 3. The Morgan fingerprint density at radius 2 is 1.34 bits per heavy atom. The zero-order chi connectivity index (χ0) is 38.9. The number of amides is 5. The molecule has 0 aliphatic heterocycles. The summed E-state index contributed by atoms with van der Waals surface area (Å²) in [6.45, 7) is 11.1. The molecular weight excluding hydrogens is 678 g/mol. The molecule has 13 heteroatoms. The third kappa shape index (κ3) is 13.2. The minimum Gasteiger partial charge on any atom is -0.495 e. The number of carboxylic acids is 1. The number of para-hydroxylation sites is 3. The van der Waals surface area contributed by atoms with Gasteiger partial charge in [0.05, 0.1) is 39.4 Å². The van der Waals surface area contributed by atoms with E-state index >= 15 is 0 Å². The largest absolute Gasteiger partial charge is 0.495 e. The van der Waals surface area contributed by atoms with E-state index in [9.17, 15) is 24.3 Å². The first kappa shape index (κ1) is 42.0. The molecule has 288 valence electrons. The molecule has 0 aromatic heterocycles. The second-order valence-electron chi connectivity index (χ2n) is 13.2. The molecular formula is C40H55N5O8. The van der Waals surface area contributed by atoms with Crippen LogP contribution in [0.15, 0.2) is 66.7 Å². The van der Waals surface area contributed by atoms with Gasteiger partial charge >= 0.3 is 18.0 Å². The van der Waals surface area contributed by atoms with Crippen LogP contribution >= 0.6 is 0 Å². The molecule has 3 aromatic carbocycles. The Balaban J connectivity index is 1.60. The standard InChI is InChI=1S/C40H55N5O8/c1-28(2)44(37(46)27-31-18-19-33(36(26-31)52-7)42-39(49)41-32-15-9-8-14-30(32)5)22-12-23-45(29(3)4)40(50)43(24-20-38(47)48)21-13-25-53-35-17-11-10-16-34(35)51-6/h8-11,14-19,26,28-29H,12-13,20-25,27H2,1-7H3,(H,47,48)(H2,41,42,49). The summed E-state index contributed by atoms with van der Waals surface area (Å²) in [6, 6.07) is 19.1. The maximum Gasteiger partial charge on any atom is 0.323 e. The number of hydrogen-bond acceptors (Lipinski definition) is 7. The van der Waals surface area contributed by atoms with Crippen molar-refractivity contribution in [3.63, 3.8) is 0 Å². The number of carbonyl (C=O) groups excluding carboxylic acids is 3. The van der Waals surface area contributed by atoms with Crippen LogP contribution in [0.1, 0.15) is 58.1 Å². The highest BCUT2D eigenvalue weighted by Gasteiger charge is 2.25. The van der Waals surface area contributed by atoms with E-state index in [-0.39, 0.29) is 43.4 Å². The molecule has 0 saturated heterocycles. The van der Waals surface area contributed by atoms with E-state index in [1.807, 2.05) is 71.0 Å². The van der Waals surface area contributed by atoms with Crippen molar-refractivity contribution in [2.75, 3.05) is 57.6 Å². The summed E-state index contributed by atoms with van der Waals surface area (Å²) in [4.78, 5) is 56.6. The van der Waals surface area contributed by atoms with Gasteiger partial charge in [0.1, 0.15) is 5.75 Å². The van der Waals surface area contributed by atoms with Crippen molar-refractivity contribution in [1.82, 2.24) is 14.7 Å². The second kappa shape index (κ2) is 21.2. The highest BCUT2D eigenvalue weighted by molar-refractivity contribution is 6.01. The Labute approximate surface area is 313 Å². The van der Waals surface area contributed by atoms with Gasteiger partial charge in [0.2, 0.25) is 5.91 Å². The van der Waals surface area contributed by atoms with E-state index in [0.29, 0.717) is 67.7 Å². The molecule has 3 rings (SSSR count). The predicted molar refractivity (Wildman–Crippen MR) is 206 cm³/mol. The van der Waals surface area contributed by atoms with Gasteiger partial charge in [-0.05, 0) is 88.9 Å². The smallest absolute Gasteiger partial charge is 0.323 e. The molecule has 0 spiro atoms. The van der Waals surface area contributed by atoms with Gasteiger partial charge in [0.25, 0.3) is 0 Å². The highest BCUT2D eigenvalue weighted by Crippen LogP contribution is 2.27. The van der Waals surface area contributed by atoms with Crippen LogP contribution in [0.3, 0.4) is 0 Å². The average Bonchev–Trinajstić information content (AvgIpc) is 3.12. The van der Waals surface area contributed by atoms with Crippen LogP contribution in [0.2, 0.25) is 0 Å². The molecule has 5 amide bonds. The Kier molecular flexibility index (Phi) is 16.7. The normalized spacial score (nSPS) is 10.8. The number of methoxy groups -OCH3 is 2. The van der Waals surface area contributed by atoms with E-state index in [1.54, 1.807) is 52.1 Å². The molecule has 0 aliphatic carbocycles. The molecule has 0 radical (unpaired) electrons. The van der Waals surface area contributed by atoms with E-state index < -0.39 is 12.0 Å². The van der Waals surface area contributed by atoms with Crippen LogP contribution in [-0.2, 0) is 16.0 Å². The number of ether oxygens (including phenoxy) is 3.